The maximum Gasteiger partial charge on any atom is 0.256 e. The molecule has 0 fully saturated rings. The molecule has 0 unspecified atom stereocenters. The number of benzene rings is 3. The van der Waals surface area contributed by atoms with Gasteiger partial charge < -0.3 is 28.7 Å². The van der Waals surface area contributed by atoms with Crippen LogP contribution in [0.5, 0.6) is 23.0 Å². The first-order valence-electron chi connectivity index (χ1n) is 10.4. The van der Waals surface area contributed by atoms with Crippen molar-refractivity contribution in [1.82, 2.24) is 0 Å². The first kappa shape index (κ1) is 24.2. The van der Waals surface area contributed by atoms with E-state index >= 15 is 0 Å². The number of hydrogen-bond acceptors (Lipinski definition) is 7. The average molecular weight is 540 g/mol. The summed E-state index contributed by atoms with van der Waals surface area (Å²) >= 11 is 3.40. The van der Waals surface area contributed by atoms with E-state index in [0.29, 0.717) is 44.0 Å². The predicted molar refractivity (Wildman–Crippen MR) is 134 cm³/mol. The van der Waals surface area contributed by atoms with Crippen molar-refractivity contribution >= 4 is 44.3 Å². The van der Waals surface area contributed by atoms with Crippen molar-refractivity contribution in [2.24, 2.45) is 0 Å². The van der Waals surface area contributed by atoms with Gasteiger partial charge in [0.25, 0.3) is 5.91 Å². The third kappa shape index (κ3) is 4.54. The Labute approximate surface area is 209 Å². The van der Waals surface area contributed by atoms with Crippen LogP contribution < -0.4 is 24.3 Å². The number of carbonyl (C=O) groups excluding carboxylic acids is 2. The van der Waals surface area contributed by atoms with Gasteiger partial charge in [0.05, 0.1) is 38.6 Å². The summed E-state index contributed by atoms with van der Waals surface area (Å²) in [6.07, 6.45) is 0. The van der Waals surface area contributed by atoms with Gasteiger partial charge in [0.2, 0.25) is 11.5 Å². The Morgan fingerprint density at radius 2 is 1.46 bits per heavy atom. The molecule has 0 aliphatic rings. The summed E-state index contributed by atoms with van der Waals surface area (Å²) in [5, 5.41) is 3.42. The minimum Gasteiger partial charge on any atom is -0.496 e. The van der Waals surface area contributed by atoms with E-state index in [-0.39, 0.29) is 17.0 Å². The molecule has 9 heteroatoms. The second-order valence-electron chi connectivity index (χ2n) is 7.35. The molecule has 1 N–H and O–H groups in total. The van der Waals surface area contributed by atoms with Crippen LogP contribution in [0.3, 0.4) is 0 Å². The molecular formula is C26H22BrNO7. The van der Waals surface area contributed by atoms with Crippen LogP contribution in [0.15, 0.2) is 63.5 Å². The number of halogens is 1. The Morgan fingerprint density at radius 3 is 2.06 bits per heavy atom. The molecule has 0 spiro atoms. The lowest BCUT2D eigenvalue weighted by Crippen LogP contribution is -2.15. The number of methoxy groups -OCH3 is 4. The van der Waals surface area contributed by atoms with Gasteiger partial charge in [-0.3, -0.25) is 9.59 Å². The Hall–Kier alpha value is -3.98. The molecule has 1 amide bonds. The van der Waals surface area contributed by atoms with Crippen LogP contribution >= 0.6 is 15.9 Å². The molecule has 180 valence electrons. The van der Waals surface area contributed by atoms with E-state index in [9.17, 15) is 9.59 Å². The molecule has 0 saturated carbocycles. The maximum absolute atomic E-state index is 13.4. The zero-order valence-electron chi connectivity index (χ0n) is 19.4. The maximum atomic E-state index is 13.4. The SMILES string of the molecule is COc1ccc(C(=O)c2oc3ccccc3c2NC(=O)c2cc(OC)c(OC)c(OC)c2)cc1Br. The zero-order chi connectivity index (χ0) is 25.1. The van der Waals surface area contributed by atoms with Crippen molar-refractivity contribution in [3.63, 3.8) is 0 Å². The molecule has 0 aliphatic carbocycles. The van der Waals surface area contributed by atoms with Crippen molar-refractivity contribution in [3.8, 4) is 23.0 Å². The lowest BCUT2D eigenvalue weighted by atomic mass is 10.1. The van der Waals surface area contributed by atoms with Gasteiger partial charge in [-0.25, -0.2) is 0 Å². The number of anilines is 1. The number of ether oxygens (including phenoxy) is 4. The van der Waals surface area contributed by atoms with Crippen molar-refractivity contribution in [2.75, 3.05) is 33.8 Å². The highest BCUT2D eigenvalue weighted by Crippen LogP contribution is 2.39. The molecule has 0 radical (unpaired) electrons. The van der Waals surface area contributed by atoms with Gasteiger partial charge in [0.15, 0.2) is 17.3 Å². The summed E-state index contributed by atoms with van der Waals surface area (Å²) in [5.74, 6) is 0.722. The summed E-state index contributed by atoms with van der Waals surface area (Å²) in [7, 11) is 5.95. The van der Waals surface area contributed by atoms with E-state index in [0.717, 1.165) is 0 Å². The molecule has 4 rings (SSSR count). The number of ketones is 1. The van der Waals surface area contributed by atoms with Crippen LogP contribution in [0.2, 0.25) is 0 Å². The minimum absolute atomic E-state index is 0.00376. The van der Waals surface area contributed by atoms with Gasteiger partial charge in [-0.2, -0.15) is 0 Å². The fourth-order valence-electron chi connectivity index (χ4n) is 3.67. The smallest absolute Gasteiger partial charge is 0.256 e. The van der Waals surface area contributed by atoms with Crippen LogP contribution in [0.1, 0.15) is 26.5 Å². The van der Waals surface area contributed by atoms with Crippen LogP contribution in [0.25, 0.3) is 11.0 Å². The highest BCUT2D eigenvalue weighted by molar-refractivity contribution is 9.10. The minimum atomic E-state index is -0.485. The first-order valence-corrected chi connectivity index (χ1v) is 11.2. The van der Waals surface area contributed by atoms with E-state index in [4.69, 9.17) is 23.4 Å². The predicted octanol–water partition coefficient (Wildman–Crippen LogP) is 5.71. The second kappa shape index (κ2) is 10.1. The van der Waals surface area contributed by atoms with E-state index in [1.54, 1.807) is 42.5 Å². The van der Waals surface area contributed by atoms with E-state index in [2.05, 4.69) is 21.2 Å². The Kier molecular flexibility index (Phi) is 6.97. The van der Waals surface area contributed by atoms with Gasteiger partial charge in [-0.05, 0) is 58.4 Å². The van der Waals surface area contributed by atoms with Crippen LogP contribution in [-0.4, -0.2) is 40.1 Å². The van der Waals surface area contributed by atoms with Crippen molar-refractivity contribution < 1.29 is 33.0 Å². The van der Waals surface area contributed by atoms with Gasteiger partial charge >= 0.3 is 0 Å². The van der Waals surface area contributed by atoms with Gasteiger partial charge in [-0.1, -0.05) is 12.1 Å². The summed E-state index contributed by atoms with van der Waals surface area (Å²) in [5.41, 5.74) is 1.33. The summed E-state index contributed by atoms with van der Waals surface area (Å²) < 4.78 is 27.8. The molecule has 3 aromatic carbocycles. The lowest BCUT2D eigenvalue weighted by molar-refractivity contribution is 0.101. The van der Waals surface area contributed by atoms with Crippen molar-refractivity contribution in [2.45, 2.75) is 0 Å². The highest BCUT2D eigenvalue weighted by atomic mass is 79.9. The fourth-order valence-corrected chi connectivity index (χ4v) is 4.21. The molecule has 0 atom stereocenters. The number of carbonyl (C=O) groups is 2. The van der Waals surface area contributed by atoms with E-state index in [1.165, 1.54) is 40.6 Å². The number of nitrogens with one attached hydrogen (secondary N) is 1. The molecule has 35 heavy (non-hydrogen) atoms. The normalized spacial score (nSPS) is 10.7. The summed E-state index contributed by atoms with van der Waals surface area (Å²) in [6, 6.07) is 15.1. The molecule has 1 aromatic heterocycles. The van der Waals surface area contributed by atoms with Crippen LogP contribution in [-0.2, 0) is 0 Å². The molecule has 1 heterocycles. The van der Waals surface area contributed by atoms with E-state index in [1.807, 2.05) is 0 Å². The molecular weight excluding hydrogens is 518 g/mol. The second-order valence-corrected chi connectivity index (χ2v) is 8.20. The Bertz CT molecular complexity index is 1400. The fraction of sp³-hybridized carbons (Fsp3) is 0.154. The van der Waals surface area contributed by atoms with Crippen LogP contribution in [0, 0.1) is 0 Å². The third-order valence-electron chi connectivity index (χ3n) is 5.38. The first-order chi connectivity index (χ1) is 16.9. The van der Waals surface area contributed by atoms with E-state index < -0.39 is 11.7 Å². The Balaban J connectivity index is 1.77. The quantitative estimate of drug-likeness (QED) is 0.286. The standard InChI is InChI=1S/C26H22BrNO7/c1-31-19-10-9-14(11-17(19)27)23(29)25-22(16-7-5-6-8-18(16)35-25)28-26(30)15-12-20(32-2)24(34-4)21(13-15)33-3/h5-13H,1-4H3,(H,28,30). The number of amides is 1. The summed E-state index contributed by atoms with van der Waals surface area (Å²) in [4.78, 5) is 26.7. The largest absolute Gasteiger partial charge is 0.496 e. The Morgan fingerprint density at radius 1 is 0.800 bits per heavy atom. The zero-order valence-corrected chi connectivity index (χ0v) is 21.0. The van der Waals surface area contributed by atoms with Crippen molar-refractivity contribution in [3.05, 3.63) is 76.0 Å². The molecule has 0 bridgehead atoms. The molecule has 0 aliphatic heterocycles. The molecule has 8 nitrogen and oxygen atoms in total. The van der Waals surface area contributed by atoms with Gasteiger partial charge in [0, 0.05) is 16.5 Å². The number of hydrogen-bond donors (Lipinski definition) is 1. The summed E-state index contributed by atoms with van der Waals surface area (Å²) in [6.45, 7) is 0. The van der Waals surface area contributed by atoms with Gasteiger partial charge in [0.1, 0.15) is 11.3 Å². The number of para-hydroxylation sites is 1. The van der Waals surface area contributed by atoms with Crippen molar-refractivity contribution in [1.29, 1.82) is 0 Å². The third-order valence-corrected chi connectivity index (χ3v) is 6.00. The monoisotopic (exact) mass is 539 g/mol. The number of rotatable bonds is 8. The molecule has 0 saturated heterocycles. The lowest BCUT2D eigenvalue weighted by Gasteiger charge is -2.14. The molecule has 4 aromatic rings. The number of furan rings is 1. The highest BCUT2D eigenvalue weighted by Gasteiger charge is 2.25. The average Bonchev–Trinajstić information content (AvgIpc) is 3.25. The topological polar surface area (TPSA) is 96.2 Å². The van der Waals surface area contributed by atoms with Gasteiger partial charge in [-0.15, -0.1) is 0 Å². The number of fused-ring (bicyclic) bond motifs is 1. The van der Waals surface area contributed by atoms with Crippen LogP contribution in [0.4, 0.5) is 5.69 Å².